The van der Waals surface area contributed by atoms with Crippen molar-refractivity contribution >= 4 is 18.0 Å². The van der Waals surface area contributed by atoms with Gasteiger partial charge in [0.1, 0.15) is 0 Å². The van der Waals surface area contributed by atoms with Gasteiger partial charge in [-0.2, -0.15) is 0 Å². The van der Waals surface area contributed by atoms with Crippen LogP contribution in [-0.2, 0) is 15.9 Å². The van der Waals surface area contributed by atoms with Gasteiger partial charge in [0.2, 0.25) is 0 Å². The van der Waals surface area contributed by atoms with E-state index in [2.05, 4.69) is 44.3 Å². The molecule has 0 N–H and O–H groups in total. The zero-order valence-electron chi connectivity index (χ0n) is 17.7. The molecule has 0 atom stereocenters. The predicted molar refractivity (Wildman–Crippen MR) is 112 cm³/mol. The van der Waals surface area contributed by atoms with Gasteiger partial charge >= 0.3 is 184 Å². The molecule has 5 nitrogen and oxygen atoms in total. The Kier molecular flexibility index (Phi) is 7.38. The van der Waals surface area contributed by atoms with E-state index in [9.17, 15) is 4.79 Å². The fourth-order valence-electron chi connectivity index (χ4n) is 3.16. The van der Waals surface area contributed by atoms with E-state index in [1.807, 2.05) is 27.0 Å². The summed E-state index contributed by atoms with van der Waals surface area (Å²) in [6.45, 7) is 9.16. The number of piperidine rings is 1. The summed E-state index contributed by atoms with van der Waals surface area (Å²) in [6.07, 6.45) is 4.36. The van der Waals surface area contributed by atoms with Gasteiger partial charge in [0.05, 0.1) is 0 Å². The third kappa shape index (κ3) is 6.59. The number of ether oxygens (including phenoxy) is 2. The molecule has 1 fully saturated rings. The van der Waals surface area contributed by atoms with Crippen LogP contribution in [-0.4, -0.2) is 42.0 Å². The molecule has 0 saturated carbocycles. The molecule has 1 amide bonds. The summed E-state index contributed by atoms with van der Waals surface area (Å²) in [5, 5.41) is 0. The zero-order chi connectivity index (χ0) is 20.9. The first-order valence-corrected chi connectivity index (χ1v) is 12.6. The predicted octanol–water partition coefficient (Wildman–Crippen LogP) is 1.98. The summed E-state index contributed by atoms with van der Waals surface area (Å²) < 4.78 is 16.1. The molecule has 3 rings (SSSR count). The Balaban J connectivity index is 1.52. The van der Waals surface area contributed by atoms with Crippen LogP contribution in [0.15, 0.2) is 43.2 Å². The number of halogens is 1. The van der Waals surface area contributed by atoms with Crippen LogP contribution < -0.4 is 21.2 Å². The van der Waals surface area contributed by atoms with Crippen molar-refractivity contribution in [3.05, 3.63) is 49.3 Å². The Bertz CT molecular complexity index is 816. The Labute approximate surface area is 184 Å². The molecule has 1 saturated heterocycles. The fourth-order valence-corrected chi connectivity index (χ4v) is 4.86. The van der Waals surface area contributed by atoms with Crippen molar-refractivity contribution in [3.8, 4) is 0 Å². The minimum atomic E-state index is -0.461. The zero-order valence-corrected chi connectivity index (χ0v) is 19.8. The Morgan fingerprint density at radius 3 is 2.69 bits per heavy atom. The van der Waals surface area contributed by atoms with E-state index in [0.717, 1.165) is 30.7 Å². The first kappa shape index (κ1) is 21.9. The SMILES string of the molecule is CCc1cccc(C2=C[I-]C=C(OC3CCN(C(=O)OC(C)(C)C)CC3)C=N2)c1. The number of hydrogen-bond acceptors (Lipinski definition) is 4. The molecular formula is C23H30IN2O3-. The quantitative estimate of drug-likeness (QED) is 0.584. The maximum absolute atomic E-state index is 12.2. The molecule has 0 bridgehead atoms. The van der Waals surface area contributed by atoms with Crippen molar-refractivity contribution in [1.29, 1.82) is 0 Å². The number of nitrogens with zero attached hydrogens (tertiary/aromatic N) is 2. The van der Waals surface area contributed by atoms with Gasteiger partial charge in [-0.25, -0.2) is 0 Å². The number of aliphatic imine (C=N–C) groups is 1. The number of aryl methyl sites for hydroxylation is 1. The molecule has 1 aromatic rings. The molecule has 0 aliphatic carbocycles. The third-order valence-corrected chi connectivity index (χ3v) is 6.62. The Morgan fingerprint density at radius 1 is 1.24 bits per heavy atom. The van der Waals surface area contributed by atoms with E-state index >= 15 is 0 Å². The first-order valence-electron chi connectivity index (χ1n) is 10.1. The van der Waals surface area contributed by atoms with Gasteiger partial charge in [0, 0.05) is 0 Å². The number of rotatable bonds is 4. The van der Waals surface area contributed by atoms with Crippen molar-refractivity contribution in [2.45, 2.75) is 58.7 Å². The van der Waals surface area contributed by atoms with Gasteiger partial charge in [0.15, 0.2) is 0 Å². The van der Waals surface area contributed by atoms with Gasteiger partial charge in [-0.15, -0.1) is 0 Å². The summed E-state index contributed by atoms with van der Waals surface area (Å²) in [4.78, 5) is 18.7. The third-order valence-electron chi connectivity index (χ3n) is 4.70. The molecule has 2 aliphatic rings. The monoisotopic (exact) mass is 509 g/mol. The van der Waals surface area contributed by atoms with Crippen LogP contribution in [0.5, 0.6) is 0 Å². The molecule has 6 heteroatoms. The van der Waals surface area contributed by atoms with E-state index in [1.54, 1.807) is 4.90 Å². The second-order valence-corrected chi connectivity index (χ2v) is 10.2. The van der Waals surface area contributed by atoms with E-state index < -0.39 is 5.60 Å². The summed E-state index contributed by atoms with van der Waals surface area (Å²) in [6, 6.07) is 8.57. The average Bonchev–Trinajstić information content (AvgIpc) is 2.93. The number of amides is 1. The van der Waals surface area contributed by atoms with Gasteiger partial charge in [-0.3, -0.25) is 0 Å². The summed E-state index contributed by atoms with van der Waals surface area (Å²) in [5.41, 5.74) is 3.06. The minimum absolute atomic E-state index is 0.111. The second-order valence-electron chi connectivity index (χ2n) is 8.23. The van der Waals surface area contributed by atoms with Crippen molar-refractivity contribution in [2.75, 3.05) is 13.1 Å². The van der Waals surface area contributed by atoms with Crippen LogP contribution in [0, 0.1) is 0 Å². The Hall–Kier alpha value is -1.83. The molecule has 2 heterocycles. The van der Waals surface area contributed by atoms with Crippen LogP contribution in [0.25, 0.3) is 5.70 Å². The molecule has 1 aromatic carbocycles. The molecule has 0 aromatic heterocycles. The molecular weight excluding hydrogens is 479 g/mol. The Morgan fingerprint density at radius 2 is 2.00 bits per heavy atom. The number of likely N-dealkylation sites (tertiary alicyclic amines) is 1. The molecule has 0 radical (unpaired) electrons. The van der Waals surface area contributed by atoms with Crippen molar-refractivity contribution < 1.29 is 35.5 Å². The maximum atomic E-state index is 12.2. The normalized spacial score (nSPS) is 18.3. The molecule has 29 heavy (non-hydrogen) atoms. The van der Waals surface area contributed by atoms with Crippen molar-refractivity contribution in [2.24, 2.45) is 4.99 Å². The van der Waals surface area contributed by atoms with Crippen LogP contribution in [0.1, 0.15) is 51.7 Å². The molecule has 2 aliphatic heterocycles. The number of carbonyl (C=O) groups is 1. The second kappa shape index (κ2) is 9.78. The summed E-state index contributed by atoms with van der Waals surface area (Å²) in [5.74, 6) is 0.853. The molecule has 158 valence electrons. The van der Waals surface area contributed by atoms with Gasteiger partial charge in [-0.1, -0.05) is 0 Å². The number of allylic oxidation sites excluding steroid dienone is 1. The van der Waals surface area contributed by atoms with E-state index in [-0.39, 0.29) is 33.4 Å². The van der Waals surface area contributed by atoms with Crippen molar-refractivity contribution in [3.63, 3.8) is 0 Å². The number of hydrogen-bond donors (Lipinski definition) is 0. The van der Waals surface area contributed by atoms with Gasteiger partial charge in [-0.05, 0) is 0 Å². The summed E-state index contributed by atoms with van der Waals surface area (Å²) in [7, 11) is 0. The van der Waals surface area contributed by atoms with E-state index in [1.165, 1.54) is 11.1 Å². The fraction of sp³-hybridized carbons (Fsp3) is 0.478. The molecule has 0 unspecified atom stereocenters. The van der Waals surface area contributed by atoms with E-state index in [4.69, 9.17) is 9.47 Å². The first-order chi connectivity index (χ1) is 13.8. The standard InChI is InChI=1S/C23H30IN2O3/c1-5-17-7-6-8-18(13-17)21-15-24-14-20(16-25-21)28-19-9-11-26(12-10-19)22(27)29-23(2,3)4/h6-8,13-16,19H,5,9-12H2,1-4H3/q-1. The number of carbonyl (C=O) groups excluding carboxylic acids is 1. The van der Waals surface area contributed by atoms with Crippen LogP contribution in [0.2, 0.25) is 0 Å². The topological polar surface area (TPSA) is 51.1 Å². The van der Waals surface area contributed by atoms with Crippen LogP contribution in [0.4, 0.5) is 4.79 Å². The van der Waals surface area contributed by atoms with Crippen molar-refractivity contribution in [1.82, 2.24) is 4.90 Å². The summed E-state index contributed by atoms with van der Waals surface area (Å²) >= 11 is -0.257. The molecule has 0 spiro atoms. The van der Waals surface area contributed by atoms with Crippen LogP contribution in [0.3, 0.4) is 0 Å². The van der Waals surface area contributed by atoms with Gasteiger partial charge in [0.25, 0.3) is 0 Å². The van der Waals surface area contributed by atoms with Gasteiger partial charge < -0.3 is 0 Å². The average molecular weight is 509 g/mol. The number of benzene rings is 1. The van der Waals surface area contributed by atoms with E-state index in [0.29, 0.717) is 13.1 Å². The van der Waals surface area contributed by atoms with Crippen LogP contribution >= 0.6 is 0 Å².